The zero-order chi connectivity index (χ0) is 26.6. The highest BCUT2D eigenvalue weighted by atomic mass is 16.5. The van der Waals surface area contributed by atoms with Crippen molar-refractivity contribution in [3.63, 3.8) is 0 Å². The molecule has 0 saturated carbocycles. The summed E-state index contributed by atoms with van der Waals surface area (Å²) in [6, 6.07) is 51.3. The lowest BCUT2D eigenvalue weighted by molar-refractivity contribution is 0.415. The minimum atomic E-state index is 0.854. The minimum absolute atomic E-state index is 0.854. The van der Waals surface area contributed by atoms with Crippen LogP contribution < -0.4 is 14.5 Å². The van der Waals surface area contributed by atoms with Crippen LogP contribution in [-0.4, -0.2) is 14.2 Å². The molecule has 0 aliphatic rings. The number of nitrogens with zero attached hydrogens (tertiary/aromatic N) is 2. The third-order valence-corrected chi connectivity index (χ3v) is 7.18. The van der Waals surface area contributed by atoms with Crippen molar-refractivity contribution >= 4 is 39.2 Å². The summed E-state index contributed by atoms with van der Waals surface area (Å²) < 4.78 is 5.32. The first kappa shape index (κ1) is 24.3. The fraction of sp³-hybridized carbons (Fsp3) is 0.0556. The van der Waals surface area contributed by atoms with Gasteiger partial charge in [-0.15, -0.1) is 0 Å². The van der Waals surface area contributed by atoms with Gasteiger partial charge in [0, 0.05) is 35.5 Å². The van der Waals surface area contributed by atoms with Crippen molar-refractivity contribution in [1.29, 1.82) is 0 Å². The Morgan fingerprint density at radius 2 is 0.923 bits per heavy atom. The van der Waals surface area contributed by atoms with Crippen LogP contribution in [0.2, 0.25) is 0 Å². The summed E-state index contributed by atoms with van der Waals surface area (Å²) in [7, 11) is 3.77. The van der Waals surface area contributed by atoms with Crippen LogP contribution in [0.3, 0.4) is 0 Å². The smallest absolute Gasteiger partial charge is 0.119 e. The summed E-state index contributed by atoms with van der Waals surface area (Å²) >= 11 is 0. The maximum Gasteiger partial charge on any atom is 0.119 e. The van der Waals surface area contributed by atoms with Crippen LogP contribution >= 0.6 is 0 Å². The molecule has 0 fully saturated rings. The van der Waals surface area contributed by atoms with E-state index in [0.717, 1.165) is 34.2 Å². The number of methoxy groups -OCH3 is 1. The second kappa shape index (κ2) is 10.8. The highest BCUT2D eigenvalue weighted by Crippen LogP contribution is 2.38. The molecule has 0 atom stereocenters. The Morgan fingerprint density at radius 3 is 1.56 bits per heavy atom. The average molecular weight is 507 g/mol. The Hall–Kier alpha value is -5.02. The zero-order valence-electron chi connectivity index (χ0n) is 22.2. The molecule has 0 amide bonds. The van der Waals surface area contributed by atoms with Gasteiger partial charge < -0.3 is 14.5 Å². The van der Waals surface area contributed by atoms with Gasteiger partial charge in [0.25, 0.3) is 0 Å². The van der Waals surface area contributed by atoms with Gasteiger partial charge in [-0.2, -0.15) is 0 Å². The van der Waals surface area contributed by atoms with Gasteiger partial charge in [0.2, 0.25) is 0 Å². The van der Waals surface area contributed by atoms with Crippen molar-refractivity contribution in [2.45, 2.75) is 0 Å². The molecule has 6 aromatic rings. The second-order valence-corrected chi connectivity index (χ2v) is 9.55. The van der Waals surface area contributed by atoms with E-state index in [0.29, 0.717) is 0 Å². The largest absolute Gasteiger partial charge is 0.497 e. The summed E-state index contributed by atoms with van der Waals surface area (Å²) in [6.45, 7) is 0. The SMILES string of the molecule is COc1ccc(N(C)c2ccc(N(c3ccc(-c4ccccc4)cc3)c3ccc4ccccc4c3)cc2)cc1. The number of fused-ring (bicyclic) bond motifs is 1. The van der Waals surface area contributed by atoms with E-state index in [2.05, 4.69) is 150 Å². The number of anilines is 5. The predicted molar refractivity (Wildman–Crippen MR) is 165 cm³/mol. The molecule has 0 unspecified atom stereocenters. The van der Waals surface area contributed by atoms with Crippen molar-refractivity contribution < 1.29 is 4.74 Å². The molecule has 0 bridgehead atoms. The van der Waals surface area contributed by atoms with E-state index >= 15 is 0 Å². The van der Waals surface area contributed by atoms with Crippen molar-refractivity contribution in [2.24, 2.45) is 0 Å². The van der Waals surface area contributed by atoms with Gasteiger partial charge >= 0.3 is 0 Å². The molecule has 0 saturated heterocycles. The van der Waals surface area contributed by atoms with Gasteiger partial charge in [-0.05, 0) is 94.7 Å². The van der Waals surface area contributed by atoms with Gasteiger partial charge in [-0.1, -0.05) is 72.8 Å². The molecule has 0 spiro atoms. The molecule has 0 heterocycles. The average Bonchev–Trinajstić information content (AvgIpc) is 3.02. The number of hydrogen-bond donors (Lipinski definition) is 0. The number of rotatable bonds is 7. The standard InChI is InChI=1S/C36H30N2O/c1-37(32-22-24-36(39-2)25-23-32)31-18-20-34(21-19-31)38(35-17-14-28-10-6-7-11-30(28)26-35)33-15-12-29(13-16-33)27-8-4-3-5-9-27/h3-26H,1-2H3. The van der Waals surface area contributed by atoms with Gasteiger partial charge in [0.1, 0.15) is 5.75 Å². The molecule has 0 N–H and O–H groups in total. The molecular formula is C36H30N2O. The predicted octanol–water partition coefficient (Wildman–Crippen LogP) is 9.75. The Balaban J connectivity index is 1.37. The Bertz CT molecular complexity index is 1680. The van der Waals surface area contributed by atoms with Gasteiger partial charge in [0.15, 0.2) is 0 Å². The van der Waals surface area contributed by atoms with Crippen LogP contribution in [0.1, 0.15) is 0 Å². The third-order valence-electron chi connectivity index (χ3n) is 7.18. The van der Waals surface area contributed by atoms with Crippen LogP contribution in [0.5, 0.6) is 5.75 Å². The minimum Gasteiger partial charge on any atom is -0.497 e. The van der Waals surface area contributed by atoms with Gasteiger partial charge in [0.05, 0.1) is 7.11 Å². The summed E-state index contributed by atoms with van der Waals surface area (Å²) in [5.41, 5.74) is 7.97. The van der Waals surface area contributed by atoms with E-state index in [9.17, 15) is 0 Å². The third kappa shape index (κ3) is 5.07. The fourth-order valence-electron chi connectivity index (χ4n) is 4.98. The summed E-state index contributed by atoms with van der Waals surface area (Å²) in [5, 5.41) is 2.45. The molecule has 190 valence electrons. The highest BCUT2D eigenvalue weighted by Gasteiger charge is 2.14. The first-order chi connectivity index (χ1) is 19.2. The molecule has 0 aromatic heterocycles. The van der Waals surface area contributed by atoms with Crippen LogP contribution in [0.4, 0.5) is 28.4 Å². The molecule has 6 aromatic carbocycles. The second-order valence-electron chi connectivity index (χ2n) is 9.55. The van der Waals surface area contributed by atoms with Crippen molar-refractivity contribution in [3.05, 3.63) is 146 Å². The monoisotopic (exact) mass is 506 g/mol. The summed E-state index contributed by atoms with van der Waals surface area (Å²) in [5.74, 6) is 0.854. The molecule has 39 heavy (non-hydrogen) atoms. The quantitative estimate of drug-likeness (QED) is 0.214. The van der Waals surface area contributed by atoms with Crippen molar-refractivity contribution in [2.75, 3.05) is 24.0 Å². The molecule has 0 aliphatic heterocycles. The van der Waals surface area contributed by atoms with Crippen LogP contribution in [-0.2, 0) is 0 Å². The van der Waals surface area contributed by atoms with Crippen LogP contribution in [0.15, 0.2) is 146 Å². The number of hydrogen-bond acceptors (Lipinski definition) is 3. The van der Waals surface area contributed by atoms with E-state index in [1.165, 1.54) is 21.9 Å². The van der Waals surface area contributed by atoms with E-state index in [1.807, 2.05) is 12.1 Å². The molecule has 6 rings (SSSR count). The topological polar surface area (TPSA) is 15.7 Å². The lowest BCUT2D eigenvalue weighted by Crippen LogP contribution is -2.12. The van der Waals surface area contributed by atoms with E-state index in [1.54, 1.807) is 7.11 Å². The summed E-state index contributed by atoms with van der Waals surface area (Å²) in [6.07, 6.45) is 0. The molecule has 0 radical (unpaired) electrons. The first-order valence-corrected chi connectivity index (χ1v) is 13.1. The van der Waals surface area contributed by atoms with Crippen LogP contribution in [0.25, 0.3) is 21.9 Å². The Morgan fingerprint density at radius 1 is 0.436 bits per heavy atom. The van der Waals surface area contributed by atoms with Gasteiger partial charge in [-0.25, -0.2) is 0 Å². The normalized spacial score (nSPS) is 10.8. The van der Waals surface area contributed by atoms with E-state index in [4.69, 9.17) is 4.74 Å². The van der Waals surface area contributed by atoms with Crippen LogP contribution in [0, 0.1) is 0 Å². The maximum absolute atomic E-state index is 5.32. The van der Waals surface area contributed by atoms with Crippen molar-refractivity contribution in [1.82, 2.24) is 0 Å². The Labute approximate surface area is 230 Å². The van der Waals surface area contributed by atoms with E-state index in [-0.39, 0.29) is 0 Å². The lowest BCUT2D eigenvalue weighted by atomic mass is 10.0. The maximum atomic E-state index is 5.32. The zero-order valence-corrected chi connectivity index (χ0v) is 22.2. The number of benzene rings is 6. The molecule has 3 heteroatoms. The molecule has 3 nitrogen and oxygen atoms in total. The highest BCUT2D eigenvalue weighted by molar-refractivity contribution is 5.89. The lowest BCUT2D eigenvalue weighted by Gasteiger charge is -2.27. The fourth-order valence-corrected chi connectivity index (χ4v) is 4.98. The summed E-state index contributed by atoms with van der Waals surface area (Å²) in [4.78, 5) is 4.50. The molecule has 0 aliphatic carbocycles. The molecular weight excluding hydrogens is 476 g/mol. The van der Waals surface area contributed by atoms with Gasteiger partial charge in [-0.3, -0.25) is 0 Å². The van der Waals surface area contributed by atoms with Crippen molar-refractivity contribution in [3.8, 4) is 16.9 Å². The van der Waals surface area contributed by atoms with E-state index < -0.39 is 0 Å². The Kier molecular flexibility index (Phi) is 6.71. The first-order valence-electron chi connectivity index (χ1n) is 13.1. The number of ether oxygens (including phenoxy) is 1.